The minimum absolute atomic E-state index is 0.0588. The van der Waals surface area contributed by atoms with Gasteiger partial charge in [0.25, 0.3) is 5.91 Å². The number of amides is 1. The molecule has 9 heteroatoms. The first-order valence-electron chi connectivity index (χ1n) is 7.40. The van der Waals surface area contributed by atoms with Crippen molar-refractivity contribution >= 4 is 17.6 Å². The number of halogens is 3. The predicted octanol–water partition coefficient (Wildman–Crippen LogP) is 3.83. The van der Waals surface area contributed by atoms with Crippen LogP contribution in [0.1, 0.15) is 56.5 Å². The Labute approximate surface area is 139 Å². The summed E-state index contributed by atoms with van der Waals surface area (Å²) >= 11 is 0. The number of rotatable bonds is 4. The minimum Gasteiger partial charge on any atom is -0.476 e. The van der Waals surface area contributed by atoms with E-state index in [0.29, 0.717) is 0 Å². The van der Waals surface area contributed by atoms with Crippen molar-refractivity contribution in [2.75, 3.05) is 5.32 Å². The quantitative estimate of drug-likeness (QED) is 0.870. The number of carbonyl (C=O) groups is 2. The van der Waals surface area contributed by atoms with Crippen LogP contribution < -0.4 is 5.32 Å². The maximum atomic E-state index is 12.8. The predicted molar refractivity (Wildman–Crippen MR) is 79.6 cm³/mol. The van der Waals surface area contributed by atoms with Crippen LogP contribution in [0.25, 0.3) is 0 Å². The van der Waals surface area contributed by atoms with Gasteiger partial charge in [-0.2, -0.15) is 13.2 Å². The Balaban J connectivity index is 1.89. The molecule has 0 atom stereocenters. The molecule has 1 aliphatic carbocycles. The van der Waals surface area contributed by atoms with E-state index in [1.807, 2.05) is 0 Å². The summed E-state index contributed by atoms with van der Waals surface area (Å²) in [5.41, 5.74) is -1.44. The molecule has 132 valence electrons. The number of nitrogens with zero attached hydrogens (tertiary/aromatic N) is 1. The van der Waals surface area contributed by atoms with Gasteiger partial charge in [0.1, 0.15) is 5.56 Å². The molecule has 1 saturated carbocycles. The summed E-state index contributed by atoms with van der Waals surface area (Å²) < 4.78 is 43.3. The fraction of sp³-hybridized carbons (Fsp3) is 0.312. The molecule has 1 aromatic carbocycles. The van der Waals surface area contributed by atoms with Crippen LogP contribution in [0.15, 0.2) is 22.7 Å². The molecular formula is C16H13F3N2O4. The van der Waals surface area contributed by atoms with E-state index in [1.165, 1.54) is 13.0 Å². The molecule has 6 nitrogen and oxygen atoms in total. The first-order chi connectivity index (χ1) is 11.7. The highest BCUT2D eigenvalue weighted by molar-refractivity contribution is 6.10. The highest BCUT2D eigenvalue weighted by Crippen LogP contribution is 2.42. The number of hydrogen-bond acceptors (Lipinski definition) is 4. The fourth-order valence-corrected chi connectivity index (χ4v) is 2.55. The van der Waals surface area contributed by atoms with Crippen LogP contribution in [0.4, 0.5) is 18.9 Å². The van der Waals surface area contributed by atoms with Gasteiger partial charge >= 0.3 is 12.1 Å². The lowest BCUT2D eigenvalue weighted by atomic mass is 10.1. The molecule has 2 aromatic rings. The van der Waals surface area contributed by atoms with Gasteiger partial charge in [0.05, 0.1) is 5.56 Å². The second-order valence-electron chi connectivity index (χ2n) is 5.83. The SMILES string of the molecule is Cc1cc(NC(=O)c2c(C(=O)O)noc2C2CC2)ccc1C(F)(F)F. The summed E-state index contributed by atoms with van der Waals surface area (Å²) in [7, 11) is 0. The normalized spacial score (nSPS) is 14.4. The van der Waals surface area contributed by atoms with Gasteiger partial charge in [0.15, 0.2) is 5.76 Å². The highest BCUT2D eigenvalue weighted by Gasteiger charge is 2.37. The van der Waals surface area contributed by atoms with Crippen LogP contribution in [-0.2, 0) is 6.18 Å². The second kappa shape index (κ2) is 5.91. The number of anilines is 1. The topological polar surface area (TPSA) is 92.4 Å². The van der Waals surface area contributed by atoms with E-state index in [4.69, 9.17) is 9.63 Å². The molecule has 0 spiro atoms. The van der Waals surface area contributed by atoms with Crippen molar-refractivity contribution in [3.8, 4) is 0 Å². The molecule has 1 amide bonds. The summed E-state index contributed by atoms with van der Waals surface area (Å²) in [6.07, 6.45) is -2.97. The van der Waals surface area contributed by atoms with Gasteiger partial charge in [-0.3, -0.25) is 4.79 Å². The van der Waals surface area contributed by atoms with Crippen molar-refractivity contribution in [2.24, 2.45) is 0 Å². The Morgan fingerprint density at radius 1 is 1.32 bits per heavy atom. The molecule has 0 bridgehead atoms. The van der Waals surface area contributed by atoms with Gasteiger partial charge in [0, 0.05) is 11.6 Å². The standard InChI is InChI=1S/C16H13F3N2O4/c1-7-6-9(4-5-10(7)16(17,18)19)20-14(22)11-12(15(23)24)21-25-13(11)8-2-3-8/h4-6,8H,2-3H2,1H3,(H,20,22)(H,23,24). The fourth-order valence-electron chi connectivity index (χ4n) is 2.55. The van der Waals surface area contributed by atoms with Crippen molar-refractivity contribution in [1.29, 1.82) is 0 Å². The average molecular weight is 354 g/mol. The Bertz CT molecular complexity index is 854. The molecule has 0 aliphatic heterocycles. The van der Waals surface area contributed by atoms with E-state index in [2.05, 4.69) is 10.5 Å². The Morgan fingerprint density at radius 2 is 2.00 bits per heavy atom. The van der Waals surface area contributed by atoms with Crippen LogP contribution in [0.5, 0.6) is 0 Å². The number of nitrogens with one attached hydrogen (secondary N) is 1. The van der Waals surface area contributed by atoms with Crippen molar-refractivity contribution in [3.05, 3.63) is 46.3 Å². The van der Waals surface area contributed by atoms with Crippen molar-refractivity contribution in [2.45, 2.75) is 31.9 Å². The number of aromatic carboxylic acids is 1. The zero-order valence-corrected chi connectivity index (χ0v) is 13.0. The van der Waals surface area contributed by atoms with Gasteiger partial charge in [-0.25, -0.2) is 4.79 Å². The second-order valence-corrected chi connectivity index (χ2v) is 5.83. The molecule has 1 heterocycles. The van der Waals surface area contributed by atoms with E-state index in [9.17, 15) is 22.8 Å². The number of hydrogen-bond donors (Lipinski definition) is 2. The number of alkyl halides is 3. The van der Waals surface area contributed by atoms with Gasteiger partial charge in [0.2, 0.25) is 5.69 Å². The van der Waals surface area contributed by atoms with Crippen LogP contribution in [0, 0.1) is 6.92 Å². The third kappa shape index (κ3) is 3.35. The van der Waals surface area contributed by atoms with E-state index in [-0.39, 0.29) is 28.5 Å². The summed E-state index contributed by atoms with van der Waals surface area (Å²) in [6, 6.07) is 3.14. The Kier molecular flexibility index (Phi) is 4.02. The number of benzene rings is 1. The highest BCUT2D eigenvalue weighted by atomic mass is 19.4. The molecule has 1 aliphatic rings. The van der Waals surface area contributed by atoms with Crippen LogP contribution in [0.2, 0.25) is 0 Å². The van der Waals surface area contributed by atoms with E-state index in [0.717, 1.165) is 25.0 Å². The zero-order chi connectivity index (χ0) is 18.4. The lowest BCUT2D eigenvalue weighted by Crippen LogP contribution is -2.17. The third-order valence-corrected chi connectivity index (χ3v) is 3.89. The molecule has 25 heavy (non-hydrogen) atoms. The summed E-state index contributed by atoms with van der Waals surface area (Å²) in [4.78, 5) is 23.7. The minimum atomic E-state index is -4.49. The molecular weight excluding hydrogens is 341 g/mol. The number of aromatic nitrogens is 1. The van der Waals surface area contributed by atoms with Crippen LogP contribution >= 0.6 is 0 Å². The lowest BCUT2D eigenvalue weighted by Gasteiger charge is -2.12. The average Bonchev–Trinajstić information content (AvgIpc) is 3.23. The van der Waals surface area contributed by atoms with Gasteiger partial charge in [-0.1, -0.05) is 5.16 Å². The zero-order valence-electron chi connectivity index (χ0n) is 13.0. The van der Waals surface area contributed by atoms with Crippen molar-refractivity contribution in [3.63, 3.8) is 0 Å². The van der Waals surface area contributed by atoms with E-state index in [1.54, 1.807) is 0 Å². The van der Waals surface area contributed by atoms with Crippen molar-refractivity contribution in [1.82, 2.24) is 5.16 Å². The van der Waals surface area contributed by atoms with Gasteiger partial charge < -0.3 is 14.9 Å². The van der Waals surface area contributed by atoms with Crippen molar-refractivity contribution < 1.29 is 32.4 Å². The number of carbonyl (C=O) groups excluding carboxylic acids is 1. The maximum Gasteiger partial charge on any atom is 0.416 e. The van der Waals surface area contributed by atoms with Gasteiger partial charge in [-0.05, 0) is 43.5 Å². The first-order valence-corrected chi connectivity index (χ1v) is 7.40. The molecule has 1 aromatic heterocycles. The monoisotopic (exact) mass is 354 g/mol. The van der Waals surface area contributed by atoms with E-state index >= 15 is 0 Å². The summed E-state index contributed by atoms with van der Waals surface area (Å²) in [6.45, 7) is 1.27. The number of aryl methyl sites for hydroxylation is 1. The van der Waals surface area contributed by atoms with Crippen LogP contribution in [-0.4, -0.2) is 22.1 Å². The molecule has 0 unspecified atom stereocenters. The first kappa shape index (κ1) is 17.0. The molecule has 0 radical (unpaired) electrons. The largest absolute Gasteiger partial charge is 0.476 e. The molecule has 0 saturated heterocycles. The van der Waals surface area contributed by atoms with Crippen LogP contribution in [0.3, 0.4) is 0 Å². The third-order valence-electron chi connectivity index (χ3n) is 3.89. The van der Waals surface area contributed by atoms with Gasteiger partial charge in [-0.15, -0.1) is 0 Å². The van der Waals surface area contributed by atoms with E-state index < -0.39 is 29.3 Å². The summed E-state index contributed by atoms with van der Waals surface area (Å²) in [5.74, 6) is -2.06. The number of carboxylic acids is 1. The Hall–Kier alpha value is -2.84. The number of carboxylic acid groups (broad SMARTS) is 1. The smallest absolute Gasteiger partial charge is 0.416 e. The molecule has 3 rings (SSSR count). The Morgan fingerprint density at radius 3 is 2.52 bits per heavy atom. The lowest BCUT2D eigenvalue weighted by molar-refractivity contribution is -0.138. The molecule has 1 fully saturated rings. The molecule has 2 N–H and O–H groups in total. The summed E-state index contributed by atoms with van der Waals surface area (Å²) in [5, 5.41) is 15.0. The maximum absolute atomic E-state index is 12.8.